The number of H-pyrrole nitrogens is 1. The first-order chi connectivity index (χ1) is 16.0. The summed E-state index contributed by atoms with van der Waals surface area (Å²) in [6, 6.07) is 10.6. The molecule has 1 atom stereocenters. The predicted octanol–water partition coefficient (Wildman–Crippen LogP) is 2.60. The number of aromatic nitrogens is 2. The van der Waals surface area contributed by atoms with Gasteiger partial charge in [0.15, 0.2) is 11.5 Å². The Labute approximate surface area is 192 Å². The van der Waals surface area contributed by atoms with Gasteiger partial charge >= 0.3 is 0 Å². The number of benzene rings is 2. The monoisotopic (exact) mass is 457 g/mol. The SMILES string of the molecule is CCOc1ccc(OCC(O)CN(CC)Cc2nc3cc(OC)c(OC)cc3c(=O)[nH]2)cc1. The summed E-state index contributed by atoms with van der Waals surface area (Å²) in [7, 11) is 3.05. The first kappa shape index (κ1) is 24.3. The Bertz CT molecular complexity index is 1100. The molecule has 0 amide bonds. The molecule has 0 fully saturated rings. The molecule has 1 aromatic heterocycles. The highest BCUT2D eigenvalue weighted by Crippen LogP contribution is 2.30. The van der Waals surface area contributed by atoms with Crippen LogP contribution in [-0.4, -0.2) is 66.6 Å². The summed E-state index contributed by atoms with van der Waals surface area (Å²) in [5, 5.41) is 10.9. The highest BCUT2D eigenvalue weighted by molar-refractivity contribution is 5.81. The van der Waals surface area contributed by atoms with Gasteiger partial charge in [-0.1, -0.05) is 6.92 Å². The molecule has 0 aliphatic heterocycles. The molecule has 0 aliphatic carbocycles. The van der Waals surface area contributed by atoms with E-state index in [1.807, 2.05) is 43.0 Å². The summed E-state index contributed by atoms with van der Waals surface area (Å²) < 4.78 is 21.7. The van der Waals surface area contributed by atoms with E-state index in [1.165, 1.54) is 14.2 Å². The van der Waals surface area contributed by atoms with Gasteiger partial charge in [-0.05, 0) is 43.8 Å². The van der Waals surface area contributed by atoms with E-state index in [4.69, 9.17) is 18.9 Å². The molecule has 178 valence electrons. The van der Waals surface area contributed by atoms with Crippen molar-refractivity contribution in [1.82, 2.24) is 14.9 Å². The second kappa shape index (κ2) is 11.5. The number of ether oxygens (including phenoxy) is 4. The zero-order valence-corrected chi connectivity index (χ0v) is 19.5. The number of hydrogen-bond donors (Lipinski definition) is 2. The number of aromatic amines is 1. The van der Waals surface area contributed by atoms with Crippen molar-refractivity contribution < 1.29 is 24.1 Å². The molecular formula is C24H31N3O6. The summed E-state index contributed by atoms with van der Waals surface area (Å²) in [5.41, 5.74) is 0.258. The fourth-order valence-corrected chi connectivity index (χ4v) is 3.45. The summed E-state index contributed by atoms with van der Waals surface area (Å²) in [6.07, 6.45) is -0.715. The standard InChI is InChI=1S/C24H31N3O6/c1-5-27(13-16(28)15-33-18-9-7-17(8-10-18)32-6-2)14-23-25-20-12-22(31-4)21(30-3)11-19(20)24(29)26-23/h7-12,16,28H,5-6,13-15H2,1-4H3,(H,25,26,29). The van der Waals surface area contributed by atoms with Crippen molar-refractivity contribution in [2.75, 3.05) is 40.5 Å². The molecule has 0 spiro atoms. The lowest BCUT2D eigenvalue weighted by atomic mass is 10.2. The minimum absolute atomic E-state index is 0.142. The number of nitrogens with zero attached hydrogens (tertiary/aromatic N) is 2. The summed E-state index contributed by atoms with van der Waals surface area (Å²) >= 11 is 0. The molecule has 1 heterocycles. The Hall–Kier alpha value is -3.30. The Kier molecular flexibility index (Phi) is 8.51. The maximum absolute atomic E-state index is 12.6. The Morgan fingerprint density at radius 1 is 1.03 bits per heavy atom. The number of methoxy groups -OCH3 is 2. The number of likely N-dealkylation sites (N-methyl/N-ethyl adjacent to an activating group) is 1. The third kappa shape index (κ3) is 6.36. The van der Waals surface area contributed by atoms with Gasteiger partial charge in [0.2, 0.25) is 0 Å². The van der Waals surface area contributed by atoms with Gasteiger partial charge in [0, 0.05) is 12.6 Å². The molecule has 0 aliphatic rings. The third-order valence-electron chi connectivity index (χ3n) is 5.13. The largest absolute Gasteiger partial charge is 0.494 e. The summed E-state index contributed by atoms with van der Waals surface area (Å²) in [4.78, 5) is 22.0. The molecule has 9 heteroatoms. The van der Waals surface area contributed by atoms with Crippen LogP contribution in [0.3, 0.4) is 0 Å². The van der Waals surface area contributed by atoms with Crippen LogP contribution in [0.15, 0.2) is 41.2 Å². The molecule has 0 saturated heterocycles. The summed E-state index contributed by atoms with van der Waals surface area (Å²) in [5.74, 6) is 2.90. The third-order valence-corrected chi connectivity index (χ3v) is 5.13. The van der Waals surface area contributed by atoms with Crippen LogP contribution in [-0.2, 0) is 6.54 Å². The predicted molar refractivity (Wildman–Crippen MR) is 126 cm³/mol. The fourth-order valence-electron chi connectivity index (χ4n) is 3.45. The fraction of sp³-hybridized carbons (Fsp3) is 0.417. The van der Waals surface area contributed by atoms with Gasteiger partial charge in [-0.15, -0.1) is 0 Å². The van der Waals surface area contributed by atoms with Gasteiger partial charge in [-0.3, -0.25) is 9.69 Å². The number of rotatable bonds is 12. The number of aliphatic hydroxyl groups is 1. The van der Waals surface area contributed by atoms with Crippen LogP contribution in [0.1, 0.15) is 19.7 Å². The smallest absolute Gasteiger partial charge is 0.258 e. The number of fused-ring (bicyclic) bond motifs is 1. The molecule has 3 aromatic rings. The molecule has 2 aromatic carbocycles. The van der Waals surface area contributed by atoms with Gasteiger partial charge < -0.3 is 29.0 Å². The maximum Gasteiger partial charge on any atom is 0.258 e. The topological polar surface area (TPSA) is 106 Å². The molecule has 9 nitrogen and oxygen atoms in total. The van der Waals surface area contributed by atoms with Gasteiger partial charge in [0.25, 0.3) is 5.56 Å². The minimum atomic E-state index is -0.715. The van der Waals surface area contributed by atoms with E-state index in [0.29, 0.717) is 60.2 Å². The Morgan fingerprint density at radius 3 is 2.27 bits per heavy atom. The second-order valence-corrected chi connectivity index (χ2v) is 7.43. The van der Waals surface area contributed by atoms with E-state index >= 15 is 0 Å². The highest BCUT2D eigenvalue weighted by atomic mass is 16.5. The van der Waals surface area contributed by atoms with Gasteiger partial charge in [-0.2, -0.15) is 0 Å². The number of hydrogen-bond acceptors (Lipinski definition) is 8. The van der Waals surface area contributed by atoms with Crippen LogP contribution >= 0.6 is 0 Å². The van der Waals surface area contributed by atoms with E-state index in [2.05, 4.69) is 9.97 Å². The van der Waals surface area contributed by atoms with Crippen molar-refractivity contribution in [3.05, 3.63) is 52.6 Å². The van der Waals surface area contributed by atoms with E-state index in [-0.39, 0.29) is 12.2 Å². The molecule has 0 saturated carbocycles. The van der Waals surface area contributed by atoms with Crippen LogP contribution < -0.4 is 24.5 Å². The van der Waals surface area contributed by atoms with Gasteiger partial charge in [0.05, 0.1) is 38.3 Å². The average Bonchev–Trinajstić information content (AvgIpc) is 2.82. The number of aliphatic hydroxyl groups excluding tert-OH is 1. The zero-order valence-electron chi connectivity index (χ0n) is 19.5. The van der Waals surface area contributed by atoms with E-state index in [0.717, 1.165) is 5.75 Å². The second-order valence-electron chi connectivity index (χ2n) is 7.43. The normalized spacial score (nSPS) is 12.1. The lowest BCUT2D eigenvalue weighted by molar-refractivity contribution is 0.0666. The van der Waals surface area contributed by atoms with Crippen LogP contribution in [0.4, 0.5) is 0 Å². The van der Waals surface area contributed by atoms with Gasteiger partial charge in [0.1, 0.15) is 30.0 Å². The van der Waals surface area contributed by atoms with E-state index < -0.39 is 6.10 Å². The van der Waals surface area contributed by atoms with E-state index in [1.54, 1.807) is 12.1 Å². The Morgan fingerprint density at radius 2 is 1.67 bits per heavy atom. The summed E-state index contributed by atoms with van der Waals surface area (Å²) in [6.45, 7) is 6.05. The molecule has 33 heavy (non-hydrogen) atoms. The first-order valence-electron chi connectivity index (χ1n) is 10.9. The van der Waals surface area contributed by atoms with Crippen LogP contribution in [0.2, 0.25) is 0 Å². The van der Waals surface area contributed by atoms with Crippen molar-refractivity contribution in [3.8, 4) is 23.0 Å². The molecular weight excluding hydrogens is 426 g/mol. The van der Waals surface area contributed by atoms with Crippen LogP contribution in [0, 0.1) is 0 Å². The maximum atomic E-state index is 12.6. The number of nitrogens with one attached hydrogen (secondary N) is 1. The van der Waals surface area contributed by atoms with Crippen LogP contribution in [0.25, 0.3) is 10.9 Å². The van der Waals surface area contributed by atoms with Crippen molar-refractivity contribution in [1.29, 1.82) is 0 Å². The van der Waals surface area contributed by atoms with Gasteiger partial charge in [-0.25, -0.2) is 4.98 Å². The average molecular weight is 458 g/mol. The quantitative estimate of drug-likeness (QED) is 0.428. The van der Waals surface area contributed by atoms with Crippen molar-refractivity contribution >= 4 is 10.9 Å². The van der Waals surface area contributed by atoms with Crippen molar-refractivity contribution in [2.45, 2.75) is 26.5 Å². The lowest BCUT2D eigenvalue weighted by Gasteiger charge is -2.23. The van der Waals surface area contributed by atoms with Crippen molar-refractivity contribution in [3.63, 3.8) is 0 Å². The van der Waals surface area contributed by atoms with Crippen molar-refractivity contribution in [2.24, 2.45) is 0 Å². The molecule has 0 bridgehead atoms. The molecule has 0 radical (unpaired) electrons. The molecule has 2 N–H and O–H groups in total. The molecule has 3 rings (SSSR count). The Balaban J connectivity index is 1.64. The minimum Gasteiger partial charge on any atom is -0.494 e. The van der Waals surface area contributed by atoms with Crippen LogP contribution in [0.5, 0.6) is 23.0 Å². The molecule has 1 unspecified atom stereocenters. The highest BCUT2D eigenvalue weighted by Gasteiger charge is 2.15. The first-order valence-corrected chi connectivity index (χ1v) is 10.9. The zero-order chi connectivity index (χ0) is 23.8. The van der Waals surface area contributed by atoms with E-state index in [9.17, 15) is 9.90 Å². The lowest BCUT2D eigenvalue weighted by Crippen LogP contribution is -2.36.